The molecule has 1 aliphatic rings. The highest BCUT2D eigenvalue weighted by Crippen LogP contribution is 2.44. The lowest BCUT2D eigenvalue weighted by Gasteiger charge is -2.47. The summed E-state index contributed by atoms with van der Waals surface area (Å²) in [5.74, 6) is 0. The molecule has 1 atom stereocenters. The third-order valence-electron chi connectivity index (χ3n) is 4.80. The van der Waals surface area contributed by atoms with Crippen LogP contribution in [0.4, 0.5) is 0 Å². The molecule has 0 radical (unpaired) electrons. The fourth-order valence-electron chi connectivity index (χ4n) is 3.23. The van der Waals surface area contributed by atoms with Gasteiger partial charge in [-0.3, -0.25) is 0 Å². The zero-order valence-electron chi connectivity index (χ0n) is 13.6. The molecule has 112 valence electrons. The Morgan fingerprint density at radius 2 is 1.84 bits per heavy atom. The third-order valence-corrected chi connectivity index (χ3v) is 4.80. The molecule has 1 aliphatic carbocycles. The molecule has 0 bridgehead atoms. The Hall–Kier alpha value is -0.340. The minimum atomic E-state index is 0.0288. The molecule has 1 rings (SSSR count). The molecule has 2 heteroatoms. The van der Waals surface area contributed by atoms with Crippen molar-refractivity contribution in [2.24, 2.45) is 5.41 Å². The molecule has 1 N–H and O–H groups in total. The number of rotatable bonds is 7. The summed E-state index contributed by atoms with van der Waals surface area (Å²) >= 11 is 0. The van der Waals surface area contributed by atoms with E-state index in [4.69, 9.17) is 4.74 Å². The first-order valence-electron chi connectivity index (χ1n) is 7.78. The van der Waals surface area contributed by atoms with Crippen LogP contribution in [0.3, 0.4) is 0 Å². The zero-order chi connectivity index (χ0) is 14.5. The van der Waals surface area contributed by atoms with Crippen LogP contribution in [-0.2, 0) is 4.74 Å². The van der Waals surface area contributed by atoms with Crippen molar-refractivity contribution >= 4 is 0 Å². The number of likely N-dealkylation sites (N-methyl/N-ethyl adjacent to an activating group) is 1. The fraction of sp³-hybridized carbons (Fsp3) is 0.882. The first-order valence-corrected chi connectivity index (χ1v) is 7.78. The highest BCUT2D eigenvalue weighted by molar-refractivity contribution is 5.00. The summed E-state index contributed by atoms with van der Waals surface area (Å²) in [7, 11) is 1.89. The second kappa shape index (κ2) is 6.90. The van der Waals surface area contributed by atoms with E-state index in [0.29, 0.717) is 11.5 Å². The van der Waals surface area contributed by atoms with Crippen LogP contribution in [0.2, 0.25) is 0 Å². The van der Waals surface area contributed by atoms with Crippen LogP contribution < -0.4 is 5.32 Å². The third kappa shape index (κ3) is 4.61. The van der Waals surface area contributed by atoms with E-state index in [1.165, 1.54) is 31.3 Å². The number of allylic oxidation sites excluding steroid dienone is 1. The normalized spacial score (nSPS) is 23.0. The van der Waals surface area contributed by atoms with Crippen LogP contribution >= 0.6 is 0 Å². The molecule has 0 spiro atoms. The average molecular weight is 267 g/mol. The average Bonchev–Trinajstić information content (AvgIpc) is 2.35. The van der Waals surface area contributed by atoms with Crippen molar-refractivity contribution in [2.75, 3.05) is 13.7 Å². The Labute approximate surface area is 120 Å². The predicted octanol–water partition coefficient (Wildman–Crippen LogP) is 4.31. The summed E-state index contributed by atoms with van der Waals surface area (Å²) in [6.45, 7) is 14.1. The quantitative estimate of drug-likeness (QED) is 0.694. The Morgan fingerprint density at radius 3 is 2.26 bits per heavy atom. The molecule has 19 heavy (non-hydrogen) atoms. The standard InChI is InChI=1S/C17H33NO/c1-7-18-15(9-8-14(2)3)17(19-6)12-10-16(4,5)11-13-17/h15,18H,2,7-13H2,1,3-6H3. The predicted molar refractivity (Wildman–Crippen MR) is 83.5 cm³/mol. The first-order chi connectivity index (χ1) is 8.85. The summed E-state index contributed by atoms with van der Waals surface area (Å²) in [6.07, 6.45) is 7.09. The largest absolute Gasteiger partial charge is 0.377 e. The van der Waals surface area contributed by atoms with Crippen LogP contribution in [0, 0.1) is 5.41 Å². The van der Waals surface area contributed by atoms with E-state index in [0.717, 1.165) is 19.4 Å². The van der Waals surface area contributed by atoms with Crippen molar-refractivity contribution in [3.05, 3.63) is 12.2 Å². The van der Waals surface area contributed by atoms with E-state index in [2.05, 4.69) is 39.6 Å². The topological polar surface area (TPSA) is 21.3 Å². The van der Waals surface area contributed by atoms with Crippen LogP contribution in [0.5, 0.6) is 0 Å². The van der Waals surface area contributed by atoms with Gasteiger partial charge in [-0.25, -0.2) is 0 Å². The Morgan fingerprint density at radius 1 is 1.26 bits per heavy atom. The smallest absolute Gasteiger partial charge is 0.0831 e. The van der Waals surface area contributed by atoms with Crippen LogP contribution in [0.1, 0.15) is 66.2 Å². The van der Waals surface area contributed by atoms with Gasteiger partial charge in [0.1, 0.15) is 0 Å². The van der Waals surface area contributed by atoms with Gasteiger partial charge in [0.15, 0.2) is 0 Å². The highest BCUT2D eigenvalue weighted by atomic mass is 16.5. The Kier molecular flexibility index (Phi) is 6.07. The molecule has 0 heterocycles. The second-order valence-electron chi connectivity index (χ2n) is 7.04. The van der Waals surface area contributed by atoms with Crippen LogP contribution in [-0.4, -0.2) is 25.3 Å². The zero-order valence-corrected chi connectivity index (χ0v) is 13.6. The van der Waals surface area contributed by atoms with Crippen LogP contribution in [0.15, 0.2) is 12.2 Å². The summed E-state index contributed by atoms with van der Waals surface area (Å²) < 4.78 is 6.03. The molecule has 0 aromatic carbocycles. The van der Waals surface area contributed by atoms with Crippen LogP contribution in [0.25, 0.3) is 0 Å². The molecule has 0 aromatic heterocycles. The molecule has 0 aliphatic heterocycles. The van der Waals surface area contributed by atoms with Gasteiger partial charge in [0.25, 0.3) is 0 Å². The van der Waals surface area contributed by atoms with Gasteiger partial charge in [0.05, 0.1) is 5.60 Å². The summed E-state index contributed by atoms with van der Waals surface area (Å²) in [4.78, 5) is 0. The van der Waals surface area contributed by atoms with Crippen molar-refractivity contribution in [3.8, 4) is 0 Å². The lowest BCUT2D eigenvalue weighted by molar-refractivity contribution is -0.0874. The van der Waals surface area contributed by atoms with Crippen molar-refractivity contribution in [1.29, 1.82) is 0 Å². The maximum atomic E-state index is 6.03. The fourth-order valence-corrected chi connectivity index (χ4v) is 3.23. The lowest BCUT2D eigenvalue weighted by Crippen LogP contribution is -2.54. The highest BCUT2D eigenvalue weighted by Gasteiger charge is 2.43. The second-order valence-corrected chi connectivity index (χ2v) is 7.04. The summed E-state index contributed by atoms with van der Waals surface area (Å²) in [6, 6.07) is 0.454. The maximum Gasteiger partial charge on any atom is 0.0831 e. The van der Waals surface area contributed by atoms with Gasteiger partial charge in [-0.15, -0.1) is 6.58 Å². The number of hydrogen-bond acceptors (Lipinski definition) is 2. The van der Waals surface area contributed by atoms with E-state index in [1.807, 2.05) is 7.11 Å². The minimum Gasteiger partial charge on any atom is -0.377 e. The molecule has 1 unspecified atom stereocenters. The molecule has 2 nitrogen and oxygen atoms in total. The van der Waals surface area contributed by atoms with Crippen molar-refractivity contribution < 1.29 is 4.74 Å². The number of methoxy groups -OCH3 is 1. The SMILES string of the molecule is C=C(C)CCC(NCC)C1(OC)CCC(C)(C)CC1. The van der Waals surface area contributed by atoms with E-state index in [9.17, 15) is 0 Å². The Bertz CT molecular complexity index is 286. The molecule has 0 aromatic rings. The monoisotopic (exact) mass is 267 g/mol. The van der Waals surface area contributed by atoms with E-state index >= 15 is 0 Å². The molecular formula is C17H33NO. The van der Waals surface area contributed by atoms with E-state index in [1.54, 1.807) is 0 Å². The summed E-state index contributed by atoms with van der Waals surface area (Å²) in [5.41, 5.74) is 1.78. The minimum absolute atomic E-state index is 0.0288. The van der Waals surface area contributed by atoms with Gasteiger partial charge >= 0.3 is 0 Å². The van der Waals surface area contributed by atoms with Gasteiger partial charge in [-0.05, 0) is 57.4 Å². The lowest BCUT2D eigenvalue weighted by atomic mass is 9.67. The van der Waals surface area contributed by atoms with Crippen molar-refractivity contribution in [3.63, 3.8) is 0 Å². The van der Waals surface area contributed by atoms with Gasteiger partial charge in [-0.2, -0.15) is 0 Å². The molecule has 1 fully saturated rings. The molecule has 1 saturated carbocycles. The Balaban J connectivity index is 2.74. The van der Waals surface area contributed by atoms with Gasteiger partial charge < -0.3 is 10.1 Å². The van der Waals surface area contributed by atoms with Crippen molar-refractivity contribution in [1.82, 2.24) is 5.32 Å². The molecular weight excluding hydrogens is 234 g/mol. The van der Waals surface area contributed by atoms with E-state index in [-0.39, 0.29) is 5.60 Å². The van der Waals surface area contributed by atoms with Gasteiger partial charge in [-0.1, -0.05) is 26.3 Å². The molecule has 0 amide bonds. The summed E-state index contributed by atoms with van der Waals surface area (Å²) in [5, 5.41) is 3.66. The number of ether oxygens (including phenoxy) is 1. The van der Waals surface area contributed by atoms with Gasteiger partial charge in [0.2, 0.25) is 0 Å². The van der Waals surface area contributed by atoms with E-state index < -0.39 is 0 Å². The van der Waals surface area contributed by atoms with Crippen molar-refractivity contribution in [2.45, 2.75) is 77.9 Å². The first kappa shape index (κ1) is 16.7. The molecule has 0 saturated heterocycles. The van der Waals surface area contributed by atoms with Gasteiger partial charge in [0, 0.05) is 13.2 Å². The number of nitrogens with one attached hydrogen (secondary N) is 1. The maximum absolute atomic E-state index is 6.03. The number of hydrogen-bond donors (Lipinski definition) is 1.